The lowest BCUT2D eigenvalue weighted by Gasteiger charge is -2.30. The van der Waals surface area contributed by atoms with Crippen LogP contribution in [0.25, 0.3) is 0 Å². The van der Waals surface area contributed by atoms with Crippen molar-refractivity contribution < 1.29 is 14.3 Å². The molecule has 0 saturated heterocycles. The molecular weight excluding hydrogens is 268 g/mol. The highest BCUT2D eigenvalue weighted by Gasteiger charge is 2.33. The van der Waals surface area contributed by atoms with Gasteiger partial charge in [-0.3, -0.25) is 9.69 Å². The molecule has 5 nitrogen and oxygen atoms in total. The summed E-state index contributed by atoms with van der Waals surface area (Å²) in [6.07, 6.45) is 5.85. The lowest BCUT2D eigenvalue weighted by Crippen LogP contribution is -2.44. The first-order valence-electron chi connectivity index (χ1n) is 8.22. The highest BCUT2D eigenvalue weighted by atomic mass is 16.5. The summed E-state index contributed by atoms with van der Waals surface area (Å²) in [7, 11) is 3.21. The van der Waals surface area contributed by atoms with Crippen molar-refractivity contribution in [2.75, 3.05) is 33.9 Å². The second-order valence-electron chi connectivity index (χ2n) is 6.41. The summed E-state index contributed by atoms with van der Waals surface area (Å²) in [5.41, 5.74) is 0. The summed E-state index contributed by atoms with van der Waals surface area (Å²) in [6, 6.07) is 0.931. The minimum absolute atomic E-state index is 0.132. The van der Waals surface area contributed by atoms with Crippen molar-refractivity contribution in [1.82, 2.24) is 10.2 Å². The SMILES string of the molecule is COCCN(CCC(NC1CC1)C(=O)OC)C(C)C1CC1. The van der Waals surface area contributed by atoms with Gasteiger partial charge >= 0.3 is 5.97 Å². The predicted octanol–water partition coefficient (Wildman–Crippen LogP) is 1.42. The van der Waals surface area contributed by atoms with Crippen molar-refractivity contribution in [3.05, 3.63) is 0 Å². The Balaban J connectivity index is 1.82. The molecule has 0 aliphatic heterocycles. The lowest BCUT2D eigenvalue weighted by atomic mass is 10.1. The maximum absolute atomic E-state index is 11.9. The van der Waals surface area contributed by atoms with E-state index in [-0.39, 0.29) is 12.0 Å². The average molecular weight is 298 g/mol. The molecule has 0 aromatic rings. The zero-order valence-corrected chi connectivity index (χ0v) is 13.6. The van der Waals surface area contributed by atoms with Crippen LogP contribution in [0.5, 0.6) is 0 Å². The Hall–Kier alpha value is -0.650. The fourth-order valence-electron chi connectivity index (χ4n) is 2.85. The van der Waals surface area contributed by atoms with E-state index in [0.29, 0.717) is 12.1 Å². The van der Waals surface area contributed by atoms with Gasteiger partial charge in [0.1, 0.15) is 6.04 Å². The molecule has 2 aliphatic rings. The number of methoxy groups -OCH3 is 2. The zero-order valence-electron chi connectivity index (χ0n) is 13.6. The molecule has 2 unspecified atom stereocenters. The molecule has 122 valence electrons. The van der Waals surface area contributed by atoms with Crippen molar-refractivity contribution in [2.24, 2.45) is 5.92 Å². The number of esters is 1. The van der Waals surface area contributed by atoms with Crippen molar-refractivity contribution >= 4 is 5.97 Å². The molecule has 0 radical (unpaired) electrons. The number of nitrogens with zero attached hydrogens (tertiary/aromatic N) is 1. The third-order valence-electron chi connectivity index (χ3n) is 4.67. The van der Waals surface area contributed by atoms with E-state index < -0.39 is 0 Å². The van der Waals surface area contributed by atoms with E-state index in [1.165, 1.54) is 32.8 Å². The van der Waals surface area contributed by atoms with E-state index in [1.54, 1.807) is 7.11 Å². The normalized spacial score (nSPS) is 21.3. The maximum Gasteiger partial charge on any atom is 0.322 e. The quantitative estimate of drug-likeness (QED) is 0.585. The molecule has 2 fully saturated rings. The first-order valence-corrected chi connectivity index (χ1v) is 8.22. The van der Waals surface area contributed by atoms with Crippen LogP contribution in [0.3, 0.4) is 0 Å². The number of nitrogens with one attached hydrogen (secondary N) is 1. The smallest absolute Gasteiger partial charge is 0.322 e. The fourth-order valence-corrected chi connectivity index (χ4v) is 2.85. The zero-order chi connectivity index (χ0) is 15.2. The van der Waals surface area contributed by atoms with Crippen LogP contribution in [0.15, 0.2) is 0 Å². The molecule has 0 spiro atoms. The van der Waals surface area contributed by atoms with Crippen LogP contribution in [-0.2, 0) is 14.3 Å². The fraction of sp³-hybridized carbons (Fsp3) is 0.938. The number of hydrogen-bond donors (Lipinski definition) is 1. The molecular formula is C16H30N2O3. The van der Waals surface area contributed by atoms with Gasteiger partial charge in [-0.05, 0) is 44.9 Å². The first-order chi connectivity index (χ1) is 10.2. The highest BCUT2D eigenvalue weighted by molar-refractivity contribution is 5.75. The second-order valence-corrected chi connectivity index (χ2v) is 6.41. The number of ether oxygens (including phenoxy) is 2. The summed E-state index contributed by atoms with van der Waals surface area (Å²) < 4.78 is 10.2. The van der Waals surface area contributed by atoms with Crippen LogP contribution in [0.2, 0.25) is 0 Å². The first kappa shape index (κ1) is 16.7. The Labute approximate surface area is 128 Å². The Morgan fingerprint density at radius 3 is 2.48 bits per heavy atom. The molecule has 2 rings (SSSR count). The predicted molar refractivity (Wildman–Crippen MR) is 82.2 cm³/mol. The van der Waals surface area contributed by atoms with E-state index in [1.807, 2.05) is 0 Å². The largest absolute Gasteiger partial charge is 0.468 e. The van der Waals surface area contributed by atoms with Crippen molar-refractivity contribution in [3.8, 4) is 0 Å². The molecule has 0 aromatic carbocycles. The maximum atomic E-state index is 11.9. The van der Waals surface area contributed by atoms with Crippen molar-refractivity contribution in [1.29, 1.82) is 0 Å². The summed E-state index contributed by atoms with van der Waals surface area (Å²) in [5.74, 6) is 0.697. The topological polar surface area (TPSA) is 50.8 Å². The average Bonchev–Trinajstić information content (AvgIpc) is 3.38. The molecule has 0 aromatic heterocycles. The van der Waals surface area contributed by atoms with Crippen molar-refractivity contribution in [2.45, 2.75) is 57.2 Å². The van der Waals surface area contributed by atoms with Crippen LogP contribution in [0.4, 0.5) is 0 Å². The molecule has 0 bridgehead atoms. The van der Waals surface area contributed by atoms with Gasteiger partial charge < -0.3 is 14.8 Å². The molecule has 0 heterocycles. The molecule has 1 N–H and O–H groups in total. The third kappa shape index (κ3) is 5.57. The van der Waals surface area contributed by atoms with Gasteiger partial charge in [0.25, 0.3) is 0 Å². The van der Waals surface area contributed by atoms with Crippen LogP contribution >= 0.6 is 0 Å². The van der Waals surface area contributed by atoms with Crippen LogP contribution in [-0.4, -0.2) is 62.9 Å². The van der Waals surface area contributed by atoms with Gasteiger partial charge in [-0.25, -0.2) is 0 Å². The minimum atomic E-state index is -0.168. The van der Waals surface area contributed by atoms with Gasteiger partial charge in [0.05, 0.1) is 13.7 Å². The van der Waals surface area contributed by atoms with Gasteiger partial charge in [0, 0.05) is 32.3 Å². The van der Waals surface area contributed by atoms with E-state index in [4.69, 9.17) is 9.47 Å². The van der Waals surface area contributed by atoms with Gasteiger partial charge in [-0.15, -0.1) is 0 Å². The van der Waals surface area contributed by atoms with Crippen LogP contribution in [0, 0.1) is 5.92 Å². The lowest BCUT2D eigenvalue weighted by molar-refractivity contribution is -0.143. The summed E-state index contributed by atoms with van der Waals surface area (Å²) in [6.45, 7) is 4.90. The van der Waals surface area contributed by atoms with E-state index in [9.17, 15) is 4.79 Å². The number of carbonyl (C=O) groups is 1. The monoisotopic (exact) mass is 298 g/mol. The molecule has 0 amide bonds. The second kappa shape index (κ2) is 8.11. The summed E-state index contributed by atoms with van der Waals surface area (Å²) in [4.78, 5) is 14.4. The molecule has 2 aliphatic carbocycles. The highest BCUT2D eigenvalue weighted by Crippen LogP contribution is 2.35. The summed E-state index contributed by atoms with van der Waals surface area (Å²) in [5, 5.41) is 3.40. The Bertz CT molecular complexity index is 329. The number of carbonyl (C=O) groups excluding carboxylic acids is 1. The number of rotatable bonds is 11. The number of hydrogen-bond acceptors (Lipinski definition) is 5. The Kier molecular flexibility index (Phi) is 6.45. The molecule has 2 saturated carbocycles. The van der Waals surface area contributed by atoms with Gasteiger partial charge in [0.2, 0.25) is 0 Å². The molecule has 2 atom stereocenters. The van der Waals surface area contributed by atoms with E-state index in [2.05, 4.69) is 17.1 Å². The molecule has 5 heteroatoms. The van der Waals surface area contributed by atoms with Crippen LogP contribution in [0.1, 0.15) is 39.0 Å². The van der Waals surface area contributed by atoms with Gasteiger partial charge in [0.15, 0.2) is 0 Å². The summed E-state index contributed by atoms with van der Waals surface area (Å²) >= 11 is 0. The van der Waals surface area contributed by atoms with Crippen molar-refractivity contribution in [3.63, 3.8) is 0 Å². The minimum Gasteiger partial charge on any atom is -0.468 e. The molecule has 21 heavy (non-hydrogen) atoms. The van der Waals surface area contributed by atoms with Gasteiger partial charge in [-0.1, -0.05) is 0 Å². The van der Waals surface area contributed by atoms with Crippen LogP contribution < -0.4 is 5.32 Å². The van der Waals surface area contributed by atoms with Gasteiger partial charge in [-0.2, -0.15) is 0 Å². The Morgan fingerprint density at radius 2 is 1.95 bits per heavy atom. The van der Waals surface area contributed by atoms with E-state index in [0.717, 1.165) is 32.0 Å². The third-order valence-corrected chi connectivity index (χ3v) is 4.67. The Morgan fingerprint density at radius 1 is 1.24 bits per heavy atom. The van der Waals surface area contributed by atoms with E-state index >= 15 is 0 Å². The standard InChI is InChI=1S/C16H30N2O3/c1-12(13-4-5-13)18(10-11-20-2)9-8-15(16(19)21-3)17-14-6-7-14/h12-15,17H,4-11H2,1-3H3.